The molecule has 2 fully saturated rings. The fourth-order valence-electron chi connectivity index (χ4n) is 3.65. The molecule has 22 heavy (non-hydrogen) atoms. The van der Waals surface area contributed by atoms with E-state index in [1.165, 1.54) is 31.8 Å². The average molecular weight is 300 g/mol. The molecule has 2 aromatic rings. The topological polar surface area (TPSA) is 43.2 Å². The van der Waals surface area contributed by atoms with E-state index < -0.39 is 0 Å². The van der Waals surface area contributed by atoms with Crippen LogP contribution in [0.3, 0.4) is 0 Å². The molecule has 5 nitrogen and oxygen atoms in total. The first-order valence-electron chi connectivity index (χ1n) is 8.50. The molecule has 5 heteroatoms. The van der Waals surface area contributed by atoms with Crippen LogP contribution in [0, 0.1) is 5.92 Å². The van der Waals surface area contributed by atoms with Gasteiger partial charge in [0.1, 0.15) is 11.3 Å². The minimum atomic E-state index is 0.613. The van der Waals surface area contributed by atoms with Crippen molar-refractivity contribution in [1.29, 1.82) is 0 Å². The first kappa shape index (κ1) is 14.2. The number of imidazole rings is 1. The van der Waals surface area contributed by atoms with E-state index in [2.05, 4.69) is 20.5 Å². The molecule has 0 bridgehead atoms. The van der Waals surface area contributed by atoms with Gasteiger partial charge in [-0.25, -0.2) is 9.97 Å². The minimum Gasteiger partial charge on any atom is -0.381 e. The average Bonchev–Trinajstić information content (AvgIpc) is 3.27. The van der Waals surface area contributed by atoms with Crippen LogP contribution in [-0.4, -0.2) is 52.3 Å². The summed E-state index contributed by atoms with van der Waals surface area (Å²) in [6.45, 7) is 6.37. The van der Waals surface area contributed by atoms with Gasteiger partial charge in [-0.1, -0.05) is 0 Å². The van der Waals surface area contributed by atoms with Gasteiger partial charge in [-0.3, -0.25) is 0 Å². The number of likely N-dealkylation sites (tertiary alicyclic amines) is 1. The molecule has 0 N–H and O–H groups in total. The monoisotopic (exact) mass is 300 g/mol. The fourth-order valence-corrected chi connectivity index (χ4v) is 3.65. The third kappa shape index (κ3) is 2.88. The van der Waals surface area contributed by atoms with Crippen LogP contribution < -0.4 is 0 Å². The normalized spacial score (nSPS) is 22.8. The molecular weight excluding hydrogens is 276 g/mol. The molecule has 2 aromatic heterocycles. The fraction of sp³-hybridized carbons (Fsp3) is 0.647. The Bertz CT molecular complexity index is 627. The molecule has 0 saturated carbocycles. The maximum atomic E-state index is 5.52. The van der Waals surface area contributed by atoms with E-state index in [0.29, 0.717) is 5.92 Å². The van der Waals surface area contributed by atoms with Gasteiger partial charge in [0.15, 0.2) is 5.65 Å². The van der Waals surface area contributed by atoms with Crippen molar-refractivity contribution in [3.05, 3.63) is 24.2 Å². The summed E-state index contributed by atoms with van der Waals surface area (Å²) in [5.41, 5.74) is 2.06. The molecule has 1 atom stereocenters. The van der Waals surface area contributed by atoms with Crippen LogP contribution in [0.15, 0.2) is 18.3 Å². The number of hydrogen-bond acceptors (Lipinski definition) is 4. The van der Waals surface area contributed by atoms with Crippen molar-refractivity contribution in [1.82, 2.24) is 19.4 Å². The summed E-state index contributed by atoms with van der Waals surface area (Å²) in [7, 11) is 0. The van der Waals surface area contributed by atoms with Crippen LogP contribution in [0.4, 0.5) is 0 Å². The van der Waals surface area contributed by atoms with Crippen molar-refractivity contribution in [3.63, 3.8) is 0 Å². The first-order valence-corrected chi connectivity index (χ1v) is 8.50. The number of rotatable bonds is 5. The van der Waals surface area contributed by atoms with E-state index in [-0.39, 0.29) is 0 Å². The standard InChI is InChI=1S/C17H24N4O/c1-2-8-20(7-1)9-10-21-16(12-14-5-11-22-13-14)19-15-4-3-6-18-17(15)21/h3-4,6,14H,1-2,5,7-13H2. The zero-order valence-electron chi connectivity index (χ0n) is 13.1. The van der Waals surface area contributed by atoms with Crippen LogP contribution in [-0.2, 0) is 17.7 Å². The third-order valence-electron chi connectivity index (χ3n) is 4.92. The quantitative estimate of drug-likeness (QED) is 0.848. The molecule has 4 heterocycles. The Morgan fingerprint density at radius 2 is 2.14 bits per heavy atom. The van der Waals surface area contributed by atoms with Gasteiger partial charge in [0.2, 0.25) is 0 Å². The van der Waals surface area contributed by atoms with E-state index >= 15 is 0 Å². The Morgan fingerprint density at radius 3 is 2.95 bits per heavy atom. The van der Waals surface area contributed by atoms with Crippen LogP contribution >= 0.6 is 0 Å². The van der Waals surface area contributed by atoms with Crippen molar-refractivity contribution in [2.24, 2.45) is 5.92 Å². The lowest BCUT2D eigenvalue weighted by molar-refractivity contribution is 0.185. The molecule has 4 rings (SSSR count). The van der Waals surface area contributed by atoms with Crippen molar-refractivity contribution >= 4 is 11.2 Å². The van der Waals surface area contributed by atoms with Gasteiger partial charge in [0.25, 0.3) is 0 Å². The van der Waals surface area contributed by atoms with Gasteiger partial charge in [0.05, 0.1) is 0 Å². The highest BCUT2D eigenvalue weighted by Gasteiger charge is 2.21. The predicted octanol–water partition coefficient (Wildman–Crippen LogP) is 2.11. The smallest absolute Gasteiger partial charge is 0.160 e. The van der Waals surface area contributed by atoms with Crippen molar-refractivity contribution < 1.29 is 4.74 Å². The van der Waals surface area contributed by atoms with Crippen LogP contribution in [0.2, 0.25) is 0 Å². The summed E-state index contributed by atoms with van der Waals surface area (Å²) in [5, 5.41) is 0. The molecule has 0 aliphatic carbocycles. The lowest BCUT2D eigenvalue weighted by atomic mass is 10.1. The Labute approximate surface area is 131 Å². The molecule has 1 unspecified atom stereocenters. The van der Waals surface area contributed by atoms with Gasteiger partial charge in [-0.15, -0.1) is 0 Å². The molecule has 2 aliphatic rings. The Morgan fingerprint density at radius 1 is 1.23 bits per heavy atom. The second-order valence-corrected chi connectivity index (χ2v) is 6.51. The summed E-state index contributed by atoms with van der Waals surface area (Å²) >= 11 is 0. The molecule has 2 aliphatic heterocycles. The van der Waals surface area contributed by atoms with Gasteiger partial charge in [-0.2, -0.15) is 0 Å². The zero-order valence-corrected chi connectivity index (χ0v) is 13.1. The number of pyridine rings is 1. The molecule has 118 valence electrons. The zero-order chi connectivity index (χ0) is 14.8. The van der Waals surface area contributed by atoms with Crippen molar-refractivity contribution in [3.8, 4) is 0 Å². The van der Waals surface area contributed by atoms with Gasteiger partial charge >= 0.3 is 0 Å². The minimum absolute atomic E-state index is 0.613. The first-order chi connectivity index (χ1) is 10.9. The number of aromatic nitrogens is 3. The van der Waals surface area contributed by atoms with E-state index in [1.54, 1.807) is 0 Å². The van der Waals surface area contributed by atoms with Gasteiger partial charge < -0.3 is 14.2 Å². The maximum absolute atomic E-state index is 5.52. The maximum Gasteiger partial charge on any atom is 0.160 e. The molecule has 0 radical (unpaired) electrons. The largest absolute Gasteiger partial charge is 0.381 e. The lowest BCUT2D eigenvalue weighted by Crippen LogP contribution is -2.25. The molecule has 2 saturated heterocycles. The summed E-state index contributed by atoms with van der Waals surface area (Å²) < 4.78 is 7.86. The number of nitrogens with zero attached hydrogens (tertiary/aromatic N) is 4. The highest BCUT2D eigenvalue weighted by molar-refractivity contribution is 5.71. The Balaban J connectivity index is 1.57. The summed E-state index contributed by atoms with van der Waals surface area (Å²) in [5.74, 6) is 1.80. The number of fused-ring (bicyclic) bond motifs is 1. The van der Waals surface area contributed by atoms with E-state index in [9.17, 15) is 0 Å². The van der Waals surface area contributed by atoms with E-state index in [4.69, 9.17) is 9.72 Å². The summed E-state index contributed by atoms with van der Waals surface area (Å²) in [4.78, 5) is 12.0. The molecular formula is C17H24N4O. The Kier molecular flexibility index (Phi) is 4.08. The second-order valence-electron chi connectivity index (χ2n) is 6.51. The van der Waals surface area contributed by atoms with Crippen molar-refractivity contribution in [2.45, 2.75) is 32.2 Å². The third-order valence-corrected chi connectivity index (χ3v) is 4.92. The highest BCUT2D eigenvalue weighted by Crippen LogP contribution is 2.21. The van der Waals surface area contributed by atoms with Gasteiger partial charge in [-0.05, 0) is 50.4 Å². The van der Waals surface area contributed by atoms with Crippen molar-refractivity contribution in [2.75, 3.05) is 32.8 Å². The van der Waals surface area contributed by atoms with E-state index in [0.717, 1.165) is 50.3 Å². The second kappa shape index (κ2) is 6.34. The molecule has 0 spiro atoms. The van der Waals surface area contributed by atoms with E-state index in [1.807, 2.05) is 12.3 Å². The van der Waals surface area contributed by atoms with Crippen LogP contribution in [0.5, 0.6) is 0 Å². The number of hydrogen-bond donors (Lipinski definition) is 0. The highest BCUT2D eigenvalue weighted by atomic mass is 16.5. The molecule has 0 amide bonds. The van der Waals surface area contributed by atoms with Gasteiger partial charge in [0, 0.05) is 38.9 Å². The molecule has 0 aromatic carbocycles. The van der Waals surface area contributed by atoms with Crippen LogP contribution in [0.1, 0.15) is 25.1 Å². The summed E-state index contributed by atoms with van der Waals surface area (Å²) in [6.07, 6.45) is 6.72. The number of ether oxygens (including phenoxy) is 1. The lowest BCUT2D eigenvalue weighted by Gasteiger charge is -2.17. The van der Waals surface area contributed by atoms with Crippen LogP contribution in [0.25, 0.3) is 11.2 Å². The SMILES string of the molecule is c1cnc2c(c1)nc(CC1CCOC1)n2CCN1CCCC1. The Hall–Kier alpha value is -1.46. The predicted molar refractivity (Wildman–Crippen MR) is 85.8 cm³/mol. The summed E-state index contributed by atoms with van der Waals surface area (Å²) in [6, 6.07) is 4.05.